The quantitative estimate of drug-likeness (QED) is 0.682. The maximum Gasteiger partial charge on any atom is 0.275 e. The van der Waals surface area contributed by atoms with Gasteiger partial charge in [-0.05, 0) is 41.4 Å². The van der Waals surface area contributed by atoms with Crippen LogP contribution in [0.15, 0.2) is 29.5 Å². The number of alkyl halides is 2. The number of amidine groups is 1. The molecule has 1 amide bonds. The molecule has 6 radical (unpaired) electrons. The number of halogens is 3. The maximum absolute atomic E-state index is 14.6. The molecule has 0 unspecified atom stereocenters. The van der Waals surface area contributed by atoms with Crippen molar-refractivity contribution >= 4 is 41.0 Å². The van der Waals surface area contributed by atoms with Crippen LogP contribution in [0.4, 0.5) is 18.9 Å². The largest absolute Gasteiger partial charge is 0.500 e. The first-order valence-corrected chi connectivity index (χ1v) is 9.57. The zero-order valence-corrected chi connectivity index (χ0v) is 16.7. The Kier molecular flexibility index (Phi) is 5.25. The van der Waals surface area contributed by atoms with Crippen molar-refractivity contribution in [2.24, 2.45) is 10.7 Å². The van der Waals surface area contributed by atoms with Crippen molar-refractivity contribution in [3.05, 3.63) is 47.2 Å². The van der Waals surface area contributed by atoms with Crippen LogP contribution in [-0.4, -0.2) is 62.9 Å². The van der Waals surface area contributed by atoms with Gasteiger partial charge in [0.05, 0.1) is 17.9 Å². The lowest BCUT2D eigenvalue weighted by atomic mass is 9.52. The highest BCUT2D eigenvalue weighted by Gasteiger charge is 2.51. The van der Waals surface area contributed by atoms with Gasteiger partial charge in [0.1, 0.15) is 47.6 Å². The third kappa shape index (κ3) is 3.96. The van der Waals surface area contributed by atoms with E-state index in [-0.39, 0.29) is 36.5 Å². The molecule has 1 aromatic heterocycles. The molecule has 1 aliphatic heterocycles. The molecule has 2 heterocycles. The molecular weight excluding hydrogens is 420 g/mol. The van der Waals surface area contributed by atoms with Gasteiger partial charge in [-0.2, -0.15) is 0 Å². The van der Waals surface area contributed by atoms with Gasteiger partial charge in [0.25, 0.3) is 5.91 Å². The number of aliphatic imine (C=N–C) groups is 1. The number of fused-ring (bicyclic) bond motifs is 2. The van der Waals surface area contributed by atoms with E-state index in [2.05, 4.69) is 20.3 Å². The molecule has 4 rings (SSSR count). The van der Waals surface area contributed by atoms with Crippen molar-refractivity contribution in [3.8, 4) is 5.88 Å². The molecule has 13 heteroatoms. The van der Waals surface area contributed by atoms with Crippen LogP contribution in [0.2, 0.25) is 0 Å². The molecule has 0 saturated heterocycles. The second kappa shape index (κ2) is 7.56. The molecule has 0 fully saturated rings. The molecular formula is C19H15B3F3N5O2. The van der Waals surface area contributed by atoms with Crippen LogP contribution in [0.5, 0.6) is 5.88 Å². The van der Waals surface area contributed by atoms with Crippen LogP contribution in [0, 0.1) is 5.82 Å². The number of benzene rings is 1. The van der Waals surface area contributed by atoms with E-state index in [1.54, 1.807) is 0 Å². The number of anilines is 1. The molecule has 1 spiro atoms. The number of ether oxygens (including phenoxy) is 1. The van der Waals surface area contributed by atoms with Gasteiger partial charge < -0.3 is 15.8 Å². The van der Waals surface area contributed by atoms with E-state index < -0.39 is 40.7 Å². The third-order valence-corrected chi connectivity index (χ3v) is 5.51. The number of carbonyl (C=O) groups excluding carboxylic acids is 1. The molecule has 0 bridgehead atoms. The van der Waals surface area contributed by atoms with Gasteiger partial charge in [-0.3, -0.25) is 9.79 Å². The monoisotopic (exact) mass is 435 g/mol. The molecule has 1 aromatic carbocycles. The first-order valence-electron chi connectivity index (χ1n) is 9.57. The fourth-order valence-electron chi connectivity index (χ4n) is 3.82. The van der Waals surface area contributed by atoms with Crippen LogP contribution in [-0.2, 0) is 12.0 Å². The van der Waals surface area contributed by atoms with Crippen LogP contribution >= 0.6 is 0 Å². The fraction of sp³-hybridized carbons (Fsp3) is 0.368. The van der Waals surface area contributed by atoms with Gasteiger partial charge in [0.15, 0.2) is 5.67 Å². The van der Waals surface area contributed by atoms with Gasteiger partial charge in [-0.25, -0.2) is 23.1 Å². The van der Waals surface area contributed by atoms with E-state index in [1.165, 1.54) is 6.07 Å². The molecule has 2 aromatic rings. The fourth-order valence-corrected chi connectivity index (χ4v) is 3.82. The summed E-state index contributed by atoms with van der Waals surface area (Å²) in [6.45, 7) is -1.27. The lowest BCUT2D eigenvalue weighted by Crippen LogP contribution is -2.52. The summed E-state index contributed by atoms with van der Waals surface area (Å²) in [5.41, 5.74) is 3.32. The SMILES string of the molecule is [B]C([B])([B])Oc1cnc(C(=O)Nc2cc(F)c3c(c2)[C@@]2(CC[C@](F)(CF)C(N)=N2)C3)cn1. The number of amides is 1. The normalized spacial score (nSPS) is 24.3. The average molecular weight is 435 g/mol. The van der Waals surface area contributed by atoms with Crippen molar-refractivity contribution < 1.29 is 22.7 Å². The van der Waals surface area contributed by atoms with Crippen LogP contribution in [0.1, 0.15) is 34.5 Å². The molecule has 0 saturated carbocycles. The predicted octanol–water partition coefficient (Wildman–Crippen LogP) is 0.944. The second-order valence-corrected chi connectivity index (χ2v) is 7.94. The van der Waals surface area contributed by atoms with E-state index in [9.17, 15) is 18.0 Å². The molecule has 158 valence electrons. The average Bonchev–Trinajstić information content (AvgIpc) is 2.71. The minimum Gasteiger partial charge on any atom is -0.500 e. The van der Waals surface area contributed by atoms with Gasteiger partial charge in [-0.1, -0.05) is 0 Å². The van der Waals surface area contributed by atoms with Gasteiger partial charge in [0.2, 0.25) is 5.88 Å². The van der Waals surface area contributed by atoms with Crippen molar-refractivity contribution in [3.63, 3.8) is 0 Å². The van der Waals surface area contributed by atoms with E-state index in [0.717, 1.165) is 18.5 Å². The second-order valence-electron chi connectivity index (χ2n) is 7.94. The van der Waals surface area contributed by atoms with Crippen LogP contribution in [0.25, 0.3) is 0 Å². The summed E-state index contributed by atoms with van der Waals surface area (Å²) in [5.74, 6) is -1.78. The molecule has 1 aliphatic carbocycles. The van der Waals surface area contributed by atoms with Crippen molar-refractivity contribution in [1.82, 2.24) is 9.97 Å². The maximum atomic E-state index is 14.6. The number of nitrogens with two attached hydrogens (primary N) is 1. The lowest BCUT2D eigenvalue weighted by molar-refractivity contribution is 0.102. The van der Waals surface area contributed by atoms with E-state index >= 15 is 0 Å². The van der Waals surface area contributed by atoms with Gasteiger partial charge in [0, 0.05) is 12.1 Å². The molecule has 2 atom stereocenters. The van der Waals surface area contributed by atoms with E-state index in [1.807, 2.05) is 0 Å². The Labute approximate surface area is 185 Å². The highest BCUT2D eigenvalue weighted by Crippen LogP contribution is 2.51. The van der Waals surface area contributed by atoms with Crippen molar-refractivity contribution in [2.75, 3.05) is 12.0 Å². The summed E-state index contributed by atoms with van der Waals surface area (Å²) in [5, 5.41) is 0.556. The number of rotatable bonds is 5. The summed E-state index contributed by atoms with van der Waals surface area (Å²) in [7, 11) is 15.9. The predicted molar refractivity (Wildman–Crippen MR) is 113 cm³/mol. The standard InChI is InChI=1S/C19H15B3F3N5O2/c20-19(21,22)32-14-7-27-13(6-28-14)15(31)29-9-3-11-10(12(24)4-9)5-18(11)2-1-17(25,8-23)16(26)30-18/h3-4,6-7H,1-2,5,8H2,(H2,26,30)(H,29,31)/t17-,18+/m0/s1. The first-order chi connectivity index (χ1) is 14.9. The Morgan fingerprint density at radius 3 is 2.59 bits per heavy atom. The lowest BCUT2D eigenvalue weighted by Gasteiger charge is -2.46. The number of nitrogens with one attached hydrogen (secondary N) is 1. The Morgan fingerprint density at radius 2 is 2.00 bits per heavy atom. The summed E-state index contributed by atoms with van der Waals surface area (Å²) in [6.07, 6.45) is 2.39. The number of aromatic nitrogens is 2. The summed E-state index contributed by atoms with van der Waals surface area (Å²) in [4.78, 5) is 24.4. The number of hydrogen-bond donors (Lipinski definition) is 2. The zero-order chi connectivity index (χ0) is 23.3. The van der Waals surface area contributed by atoms with Crippen LogP contribution in [0.3, 0.4) is 0 Å². The highest BCUT2D eigenvalue weighted by atomic mass is 19.2. The number of hydrogen-bond acceptors (Lipinski definition) is 6. The van der Waals surface area contributed by atoms with Gasteiger partial charge in [-0.15, -0.1) is 0 Å². The first kappa shape index (κ1) is 22.2. The van der Waals surface area contributed by atoms with Crippen molar-refractivity contribution in [1.29, 1.82) is 0 Å². The Balaban J connectivity index is 1.55. The van der Waals surface area contributed by atoms with Crippen molar-refractivity contribution in [2.45, 2.75) is 35.8 Å². The molecule has 3 N–H and O–H groups in total. The summed E-state index contributed by atoms with van der Waals surface area (Å²) in [6, 6.07) is 2.69. The molecule has 32 heavy (non-hydrogen) atoms. The van der Waals surface area contributed by atoms with E-state index in [4.69, 9.17) is 34.0 Å². The smallest absolute Gasteiger partial charge is 0.275 e. The number of nitrogens with zero attached hydrogens (tertiary/aromatic N) is 3. The minimum atomic E-state index is -2.31. The Hall–Kier alpha value is -2.98. The molecule has 7 nitrogen and oxygen atoms in total. The minimum absolute atomic E-state index is 0.100. The molecule has 2 aliphatic rings. The number of carbonyl (C=O) groups is 1. The Morgan fingerprint density at radius 1 is 1.25 bits per heavy atom. The van der Waals surface area contributed by atoms with Crippen LogP contribution < -0.4 is 15.8 Å². The Bertz CT molecular complexity index is 1110. The topological polar surface area (TPSA) is 102 Å². The third-order valence-electron chi connectivity index (χ3n) is 5.51. The highest BCUT2D eigenvalue weighted by molar-refractivity contribution is 6.58. The van der Waals surface area contributed by atoms with Gasteiger partial charge >= 0.3 is 0 Å². The zero-order valence-electron chi connectivity index (χ0n) is 16.7. The summed E-state index contributed by atoms with van der Waals surface area (Å²) >= 11 is 0. The summed E-state index contributed by atoms with van der Waals surface area (Å²) < 4.78 is 46.9. The van der Waals surface area contributed by atoms with E-state index in [0.29, 0.717) is 11.1 Å².